The Balaban J connectivity index is 1.77. The van der Waals surface area contributed by atoms with Gasteiger partial charge < -0.3 is 20.7 Å². The van der Waals surface area contributed by atoms with Crippen molar-refractivity contribution in [3.63, 3.8) is 0 Å². The van der Waals surface area contributed by atoms with Gasteiger partial charge in [0, 0.05) is 23.5 Å². The van der Waals surface area contributed by atoms with Gasteiger partial charge in [0.05, 0.1) is 13.2 Å². The van der Waals surface area contributed by atoms with E-state index in [1.165, 1.54) is 0 Å². The molecule has 0 aliphatic carbocycles. The molecule has 0 saturated heterocycles. The van der Waals surface area contributed by atoms with Crippen LogP contribution in [-0.2, 0) is 9.59 Å². The number of carbonyl (C=O) groups excluding carboxylic acids is 2. The molecule has 0 spiro atoms. The number of ether oxygens (including phenoxy) is 1. The molecule has 0 fully saturated rings. The number of unbranched alkanes of at least 4 members (excludes halogenated alkanes) is 3. The fourth-order valence-electron chi connectivity index (χ4n) is 2.82. The molecule has 2 aromatic carbocycles. The van der Waals surface area contributed by atoms with Crippen LogP contribution in [0.3, 0.4) is 0 Å². The number of carbonyl (C=O) groups is 2. The zero-order valence-electron chi connectivity index (χ0n) is 18.0. The normalized spacial score (nSPS) is 10.3. The molecule has 0 heterocycles. The van der Waals surface area contributed by atoms with Crippen molar-refractivity contribution in [2.45, 2.75) is 52.4 Å². The summed E-state index contributed by atoms with van der Waals surface area (Å²) < 4.78 is 5.62. The first kappa shape index (κ1) is 23.3. The molecule has 0 radical (unpaired) electrons. The van der Waals surface area contributed by atoms with Crippen molar-refractivity contribution in [1.82, 2.24) is 0 Å². The lowest BCUT2D eigenvalue weighted by molar-refractivity contribution is -0.116. The van der Waals surface area contributed by atoms with Crippen molar-refractivity contribution in [2.24, 2.45) is 0 Å². The summed E-state index contributed by atoms with van der Waals surface area (Å²) in [5.41, 5.74) is 2.22. The molecule has 30 heavy (non-hydrogen) atoms. The molecule has 0 aromatic heterocycles. The van der Waals surface area contributed by atoms with Gasteiger partial charge in [-0.25, -0.2) is 0 Å². The van der Waals surface area contributed by atoms with E-state index in [0.29, 0.717) is 13.0 Å². The smallest absolute Gasteiger partial charge is 0.243 e. The lowest BCUT2D eigenvalue weighted by atomic mass is 10.2. The van der Waals surface area contributed by atoms with E-state index in [-0.39, 0.29) is 18.4 Å². The van der Waals surface area contributed by atoms with Crippen LogP contribution in [0.2, 0.25) is 0 Å². The van der Waals surface area contributed by atoms with E-state index >= 15 is 0 Å². The van der Waals surface area contributed by atoms with Crippen LogP contribution >= 0.6 is 0 Å². The molecule has 0 aliphatic rings. The van der Waals surface area contributed by atoms with Gasteiger partial charge in [0.1, 0.15) is 5.75 Å². The molecule has 2 amide bonds. The zero-order valence-corrected chi connectivity index (χ0v) is 18.0. The quantitative estimate of drug-likeness (QED) is 0.384. The third-order valence-electron chi connectivity index (χ3n) is 4.51. The second-order valence-corrected chi connectivity index (χ2v) is 7.21. The second-order valence-electron chi connectivity index (χ2n) is 7.21. The maximum Gasteiger partial charge on any atom is 0.243 e. The first-order valence-electron chi connectivity index (χ1n) is 10.8. The minimum absolute atomic E-state index is 0.0143. The number of nitrogens with one attached hydrogen (secondary N) is 3. The Morgan fingerprint density at radius 1 is 0.800 bits per heavy atom. The number of rotatable bonds is 13. The number of anilines is 3. The first-order chi connectivity index (χ1) is 14.6. The highest BCUT2D eigenvalue weighted by Crippen LogP contribution is 2.17. The van der Waals surface area contributed by atoms with Gasteiger partial charge in [-0.2, -0.15) is 0 Å². The van der Waals surface area contributed by atoms with E-state index < -0.39 is 0 Å². The highest BCUT2D eigenvalue weighted by molar-refractivity contribution is 5.94. The van der Waals surface area contributed by atoms with E-state index in [1.807, 2.05) is 48.5 Å². The van der Waals surface area contributed by atoms with Gasteiger partial charge in [0.2, 0.25) is 11.8 Å². The van der Waals surface area contributed by atoms with Gasteiger partial charge in [-0.15, -0.1) is 0 Å². The van der Waals surface area contributed by atoms with Gasteiger partial charge in [0.25, 0.3) is 0 Å². The third-order valence-corrected chi connectivity index (χ3v) is 4.51. The molecule has 0 aliphatic heterocycles. The minimum Gasteiger partial charge on any atom is -0.494 e. The minimum atomic E-state index is -0.149. The Labute approximate surface area is 179 Å². The Hall–Kier alpha value is -3.02. The summed E-state index contributed by atoms with van der Waals surface area (Å²) in [6.07, 6.45) is 5.68. The van der Waals surface area contributed by atoms with E-state index in [0.717, 1.165) is 54.9 Å². The maximum absolute atomic E-state index is 12.2. The second kappa shape index (κ2) is 13.2. The summed E-state index contributed by atoms with van der Waals surface area (Å²) in [7, 11) is 0. The zero-order chi connectivity index (χ0) is 21.6. The van der Waals surface area contributed by atoms with Crippen molar-refractivity contribution < 1.29 is 14.3 Å². The van der Waals surface area contributed by atoms with Crippen LogP contribution in [0.1, 0.15) is 52.4 Å². The van der Waals surface area contributed by atoms with Gasteiger partial charge in [-0.3, -0.25) is 9.59 Å². The lowest BCUT2D eigenvalue weighted by Gasteiger charge is -2.11. The largest absolute Gasteiger partial charge is 0.494 e. The van der Waals surface area contributed by atoms with Crippen molar-refractivity contribution in [2.75, 3.05) is 29.1 Å². The van der Waals surface area contributed by atoms with Crippen LogP contribution in [0.5, 0.6) is 5.75 Å². The Morgan fingerprint density at radius 2 is 1.50 bits per heavy atom. The SMILES string of the molecule is CCCCCC(=O)Nc1cccc(NCC(=O)Nc2ccc(OCCCC)cc2)c1. The number of benzene rings is 2. The summed E-state index contributed by atoms with van der Waals surface area (Å²) in [5, 5.41) is 8.84. The highest BCUT2D eigenvalue weighted by Gasteiger charge is 2.05. The van der Waals surface area contributed by atoms with Gasteiger partial charge in [0.15, 0.2) is 0 Å². The number of amides is 2. The summed E-state index contributed by atoms with van der Waals surface area (Å²) in [5.74, 6) is 0.664. The molecule has 6 nitrogen and oxygen atoms in total. The fraction of sp³-hybridized carbons (Fsp3) is 0.417. The predicted octanol–water partition coefficient (Wildman–Crippen LogP) is 5.43. The lowest BCUT2D eigenvalue weighted by Crippen LogP contribution is -2.21. The third kappa shape index (κ3) is 8.99. The first-order valence-corrected chi connectivity index (χ1v) is 10.8. The molecule has 3 N–H and O–H groups in total. The summed E-state index contributed by atoms with van der Waals surface area (Å²) in [6, 6.07) is 14.7. The monoisotopic (exact) mass is 411 g/mol. The molecule has 6 heteroatoms. The molecule has 0 saturated carbocycles. The van der Waals surface area contributed by atoms with Crippen LogP contribution < -0.4 is 20.7 Å². The summed E-state index contributed by atoms with van der Waals surface area (Å²) >= 11 is 0. The molecular formula is C24H33N3O3. The molecule has 0 bridgehead atoms. The van der Waals surface area contributed by atoms with Crippen LogP contribution in [0, 0.1) is 0 Å². The Bertz CT molecular complexity index is 791. The van der Waals surface area contributed by atoms with Gasteiger partial charge >= 0.3 is 0 Å². The molecular weight excluding hydrogens is 378 g/mol. The van der Waals surface area contributed by atoms with Crippen LogP contribution in [0.4, 0.5) is 17.1 Å². The Morgan fingerprint density at radius 3 is 2.23 bits per heavy atom. The van der Waals surface area contributed by atoms with Crippen LogP contribution in [0.15, 0.2) is 48.5 Å². The average Bonchev–Trinajstić information content (AvgIpc) is 2.74. The van der Waals surface area contributed by atoms with Crippen molar-refractivity contribution in [3.8, 4) is 5.75 Å². The van der Waals surface area contributed by atoms with Gasteiger partial charge in [-0.1, -0.05) is 39.2 Å². The molecule has 2 rings (SSSR count). The Kier molecular flexibility index (Phi) is 10.3. The summed E-state index contributed by atoms with van der Waals surface area (Å²) in [6.45, 7) is 5.06. The van der Waals surface area contributed by atoms with E-state index in [4.69, 9.17) is 4.74 Å². The molecule has 162 valence electrons. The van der Waals surface area contributed by atoms with Crippen LogP contribution in [0.25, 0.3) is 0 Å². The number of hydrogen-bond acceptors (Lipinski definition) is 4. The van der Waals surface area contributed by atoms with E-state index in [1.54, 1.807) is 0 Å². The molecule has 0 atom stereocenters. The molecule has 2 aromatic rings. The maximum atomic E-state index is 12.2. The standard InChI is InChI=1S/C24H33N3O3/c1-3-5-7-11-23(28)27-21-10-8-9-20(17-21)25-18-24(29)26-19-12-14-22(15-13-19)30-16-6-4-2/h8-10,12-15,17,25H,3-7,11,16,18H2,1-2H3,(H,26,29)(H,27,28). The molecule has 0 unspecified atom stereocenters. The fourth-order valence-corrected chi connectivity index (χ4v) is 2.82. The van der Waals surface area contributed by atoms with Crippen LogP contribution in [-0.4, -0.2) is 25.0 Å². The van der Waals surface area contributed by atoms with E-state index in [2.05, 4.69) is 29.8 Å². The van der Waals surface area contributed by atoms with Crippen molar-refractivity contribution in [1.29, 1.82) is 0 Å². The van der Waals surface area contributed by atoms with E-state index in [9.17, 15) is 9.59 Å². The topological polar surface area (TPSA) is 79.5 Å². The van der Waals surface area contributed by atoms with Crippen molar-refractivity contribution >= 4 is 28.9 Å². The van der Waals surface area contributed by atoms with Gasteiger partial charge in [-0.05, 0) is 55.3 Å². The predicted molar refractivity (Wildman–Crippen MR) is 123 cm³/mol. The average molecular weight is 412 g/mol. The summed E-state index contributed by atoms with van der Waals surface area (Å²) in [4.78, 5) is 24.2. The number of hydrogen-bond donors (Lipinski definition) is 3. The highest BCUT2D eigenvalue weighted by atomic mass is 16.5. The van der Waals surface area contributed by atoms with Crippen molar-refractivity contribution in [3.05, 3.63) is 48.5 Å².